The molecule has 0 atom stereocenters. The van der Waals surface area contributed by atoms with Crippen LogP contribution < -0.4 is 26.2 Å². The van der Waals surface area contributed by atoms with Gasteiger partial charge in [0.25, 0.3) is 6.71 Å². The van der Waals surface area contributed by atoms with Crippen molar-refractivity contribution in [1.29, 1.82) is 0 Å². The van der Waals surface area contributed by atoms with Crippen LogP contribution in [0, 0.1) is 0 Å². The fourth-order valence-electron chi connectivity index (χ4n) is 10.9. The quantitative estimate of drug-likeness (QED) is 0.149. The summed E-state index contributed by atoms with van der Waals surface area (Å²) in [6, 6.07) is 89.0. The summed E-state index contributed by atoms with van der Waals surface area (Å²) in [6.07, 6.45) is 0. The number of fused-ring (bicyclic) bond motifs is 7. The second-order valence-corrected chi connectivity index (χ2v) is 18.0. The molecule has 12 aromatic rings. The Labute approximate surface area is 406 Å². The predicted octanol–water partition coefficient (Wildman–Crippen LogP) is 13.7. The van der Waals surface area contributed by atoms with E-state index in [-0.39, 0.29) is 6.71 Å². The molecule has 70 heavy (non-hydrogen) atoms. The summed E-state index contributed by atoms with van der Waals surface area (Å²) in [5.41, 5.74) is 19.3. The molecule has 0 unspecified atom stereocenters. The second kappa shape index (κ2) is 16.2. The number of hydrogen-bond acceptors (Lipinski definition) is 5. The zero-order valence-corrected chi connectivity index (χ0v) is 37.9. The predicted molar refractivity (Wildman–Crippen MR) is 290 cm³/mol. The third kappa shape index (κ3) is 6.40. The third-order valence-corrected chi connectivity index (χ3v) is 14.0. The lowest BCUT2D eigenvalue weighted by Gasteiger charge is -2.44. The minimum absolute atomic E-state index is 0.0509. The molecule has 0 N–H and O–H groups in total. The van der Waals surface area contributed by atoms with Crippen molar-refractivity contribution in [3.05, 3.63) is 249 Å². The minimum Gasteiger partial charge on any atom is -0.311 e. The van der Waals surface area contributed by atoms with Crippen LogP contribution >= 0.6 is 0 Å². The summed E-state index contributed by atoms with van der Waals surface area (Å²) in [6.45, 7) is 0.0509. The molecule has 2 aliphatic rings. The van der Waals surface area contributed by atoms with E-state index in [2.05, 4.69) is 202 Å². The Morgan fingerprint density at radius 3 is 1.33 bits per heavy atom. The van der Waals surface area contributed by atoms with Crippen LogP contribution in [-0.2, 0) is 0 Å². The Balaban J connectivity index is 0.959. The highest BCUT2D eigenvalue weighted by atomic mass is 15.2. The van der Waals surface area contributed by atoms with Crippen molar-refractivity contribution in [1.82, 2.24) is 19.5 Å². The van der Waals surface area contributed by atoms with Gasteiger partial charge in [0.15, 0.2) is 17.5 Å². The van der Waals surface area contributed by atoms with E-state index < -0.39 is 0 Å². The monoisotopic (exact) mass is 892 g/mol. The molecule has 2 aliphatic heterocycles. The van der Waals surface area contributed by atoms with Crippen LogP contribution in [0.4, 0.5) is 34.1 Å². The zero-order valence-electron chi connectivity index (χ0n) is 37.9. The van der Waals surface area contributed by atoms with Gasteiger partial charge < -0.3 is 14.4 Å². The minimum atomic E-state index is 0.0509. The van der Waals surface area contributed by atoms with Gasteiger partial charge in [-0.25, -0.2) is 15.0 Å². The van der Waals surface area contributed by atoms with Crippen LogP contribution in [0.5, 0.6) is 0 Å². The summed E-state index contributed by atoms with van der Waals surface area (Å²) >= 11 is 0. The number of aromatic nitrogens is 4. The molecule has 0 radical (unpaired) electrons. The lowest BCUT2D eigenvalue weighted by molar-refractivity contribution is 1.07. The van der Waals surface area contributed by atoms with Gasteiger partial charge in [-0.2, -0.15) is 0 Å². The average molecular weight is 893 g/mol. The zero-order chi connectivity index (χ0) is 46.1. The Kier molecular flexibility index (Phi) is 9.20. The molecule has 4 heterocycles. The molecule has 6 nitrogen and oxygen atoms in total. The molecular formula is C63H41BN6. The van der Waals surface area contributed by atoms with Gasteiger partial charge in [0.1, 0.15) is 0 Å². The first-order valence-corrected chi connectivity index (χ1v) is 23.8. The molecule has 7 heteroatoms. The Morgan fingerprint density at radius 2 is 0.743 bits per heavy atom. The van der Waals surface area contributed by atoms with E-state index in [1.807, 2.05) is 60.7 Å². The summed E-state index contributed by atoms with van der Waals surface area (Å²) < 4.78 is 2.37. The van der Waals surface area contributed by atoms with Crippen molar-refractivity contribution in [2.75, 3.05) is 9.80 Å². The molecule has 14 rings (SSSR count). The topological polar surface area (TPSA) is 50.1 Å². The van der Waals surface area contributed by atoms with E-state index in [9.17, 15) is 0 Å². The molecule has 0 saturated heterocycles. The van der Waals surface area contributed by atoms with Crippen molar-refractivity contribution in [2.45, 2.75) is 0 Å². The fraction of sp³-hybridized carbons (Fsp3) is 0. The molecular weight excluding hydrogens is 852 g/mol. The first kappa shape index (κ1) is 39.8. The molecule has 0 amide bonds. The van der Waals surface area contributed by atoms with Crippen LogP contribution in [0.25, 0.3) is 72.8 Å². The largest absolute Gasteiger partial charge is 0.311 e. The molecule has 0 saturated carbocycles. The summed E-state index contributed by atoms with van der Waals surface area (Å²) in [4.78, 5) is 20.1. The van der Waals surface area contributed by atoms with E-state index in [1.54, 1.807) is 0 Å². The number of rotatable bonds is 7. The summed E-state index contributed by atoms with van der Waals surface area (Å²) in [5, 5.41) is 2.36. The van der Waals surface area contributed by atoms with Crippen LogP contribution in [0.3, 0.4) is 0 Å². The third-order valence-electron chi connectivity index (χ3n) is 14.0. The maximum Gasteiger partial charge on any atom is 0.252 e. The lowest BCUT2D eigenvalue weighted by Crippen LogP contribution is -2.61. The lowest BCUT2D eigenvalue weighted by atomic mass is 9.33. The Morgan fingerprint density at radius 1 is 0.286 bits per heavy atom. The molecule has 0 fully saturated rings. The van der Waals surface area contributed by atoms with Crippen molar-refractivity contribution in [2.24, 2.45) is 0 Å². The van der Waals surface area contributed by atoms with Gasteiger partial charge in [0, 0.05) is 67.3 Å². The van der Waals surface area contributed by atoms with Crippen LogP contribution in [0.1, 0.15) is 0 Å². The van der Waals surface area contributed by atoms with Crippen molar-refractivity contribution in [3.63, 3.8) is 0 Å². The SMILES string of the molecule is c1ccc(-c2nc(-c3ccccc3)nc(-c3cccc(-n4c5ccccc5c5cc(-c6cc7c8c(c6)N(c6ccccc6)c6ccccc6B8c6ccccc6N7c6ccccc6)ccc54)c3)n2)cc1. The normalized spacial score (nSPS) is 12.5. The van der Waals surface area contributed by atoms with E-state index >= 15 is 0 Å². The van der Waals surface area contributed by atoms with Gasteiger partial charge in [-0.15, -0.1) is 0 Å². The van der Waals surface area contributed by atoms with Crippen molar-refractivity contribution < 1.29 is 0 Å². The Hall–Kier alpha value is -9.33. The standard InChI is InChI=1S/C63H41BN6/c1-5-20-42(21-6-1)61-65-62(43-22-7-2-8-23-43)67-63(66-61)45-24-19-29-49(38-45)70-54-33-16-13-30-50(54)51-39-44(36-37-55(51)70)46-40-58-60-59(41-46)69(48-27-11-4-12-28-48)57-35-18-15-32-53(57)64(60)52-31-14-17-34-56(52)68(58)47-25-9-3-10-26-47/h1-41H. The average Bonchev–Trinajstić information content (AvgIpc) is 3.77. The maximum atomic E-state index is 5.08. The van der Waals surface area contributed by atoms with Gasteiger partial charge in [-0.05, 0) is 106 Å². The smallest absolute Gasteiger partial charge is 0.252 e. The van der Waals surface area contributed by atoms with Crippen LogP contribution in [0.2, 0.25) is 0 Å². The molecule has 10 aromatic carbocycles. The highest BCUT2D eigenvalue weighted by Gasteiger charge is 2.43. The molecule has 0 bridgehead atoms. The second-order valence-electron chi connectivity index (χ2n) is 18.0. The van der Waals surface area contributed by atoms with E-state index in [0.29, 0.717) is 17.5 Å². The van der Waals surface area contributed by atoms with Gasteiger partial charge in [0.05, 0.1) is 11.0 Å². The first-order chi connectivity index (χ1) is 34.7. The fourth-order valence-corrected chi connectivity index (χ4v) is 10.9. The summed E-state index contributed by atoms with van der Waals surface area (Å²) in [5.74, 6) is 1.90. The molecule has 326 valence electrons. The molecule has 0 aliphatic carbocycles. The number of anilines is 6. The van der Waals surface area contributed by atoms with E-state index in [4.69, 9.17) is 15.0 Å². The van der Waals surface area contributed by atoms with Crippen LogP contribution in [0.15, 0.2) is 249 Å². The first-order valence-electron chi connectivity index (χ1n) is 23.8. The van der Waals surface area contributed by atoms with Crippen molar-refractivity contribution >= 4 is 79.0 Å². The number of para-hydroxylation sites is 5. The number of nitrogens with zero attached hydrogens (tertiary/aromatic N) is 6. The van der Waals surface area contributed by atoms with Crippen molar-refractivity contribution in [3.8, 4) is 51.0 Å². The van der Waals surface area contributed by atoms with E-state index in [0.717, 1.165) is 55.9 Å². The number of benzene rings is 10. The van der Waals surface area contributed by atoms with Crippen LogP contribution in [-0.4, -0.2) is 26.2 Å². The number of hydrogen-bond donors (Lipinski definition) is 0. The highest BCUT2D eigenvalue weighted by molar-refractivity contribution is 7.00. The highest BCUT2D eigenvalue weighted by Crippen LogP contribution is 2.46. The Bertz CT molecular complexity index is 3800. The molecule has 2 aromatic heterocycles. The molecule has 0 spiro atoms. The van der Waals surface area contributed by atoms with Gasteiger partial charge in [0.2, 0.25) is 0 Å². The van der Waals surface area contributed by atoms with Gasteiger partial charge in [-0.3, -0.25) is 0 Å². The van der Waals surface area contributed by atoms with E-state index in [1.165, 1.54) is 49.9 Å². The van der Waals surface area contributed by atoms with Gasteiger partial charge >= 0.3 is 0 Å². The summed E-state index contributed by atoms with van der Waals surface area (Å²) in [7, 11) is 0. The van der Waals surface area contributed by atoms with Gasteiger partial charge in [-0.1, -0.05) is 170 Å². The maximum absolute atomic E-state index is 5.08.